The molecule has 0 aliphatic carbocycles. The molecule has 0 aliphatic heterocycles. The summed E-state index contributed by atoms with van der Waals surface area (Å²) in [7, 11) is 1.84. The summed E-state index contributed by atoms with van der Waals surface area (Å²) < 4.78 is 16.8. The minimum Gasteiger partial charge on any atom is -0.344 e. The monoisotopic (exact) mass is 450 g/mol. The lowest BCUT2D eigenvalue weighted by Crippen LogP contribution is -2.25. The molecule has 0 spiro atoms. The van der Waals surface area contributed by atoms with Crippen LogP contribution in [-0.4, -0.2) is 25.8 Å². The molecule has 8 heteroatoms. The number of aryl methyl sites for hydroxylation is 1. The summed E-state index contributed by atoms with van der Waals surface area (Å²) in [5, 5.41) is 3.17. The van der Waals surface area contributed by atoms with Gasteiger partial charge in [0.15, 0.2) is 5.16 Å². The zero-order valence-corrected chi connectivity index (χ0v) is 18.7. The van der Waals surface area contributed by atoms with Crippen molar-refractivity contribution in [2.24, 2.45) is 7.05 Å². The number of thioether (sulfide) groups is 1. The third-order valence-electron chi connectivity index (χ3n) is 5.01. The highest BCUT2D eigenvalue weighted by molar-refractivity contribution is 7.99. The molecule has 0 bridgehead atoms. The molecule has 0 fully saturated rings. The van der Waals surface area contributed by atoms with Crippen molar-refractivity contribution in [3.8, 4) is 11.1 Å². The average molecular weight is 451 g/mol. The van der Waals surface area contributed by atoms with Crippen molar-refractivity contribution >= 4 is 34.4 Å². The number of hydrogen-bond acceptors (Lipinski definition) is 4. The van der Waals surface area contributed by atoms with Crippen molar-refractivity contribution in [3.05, 3.63) is 77.0 Å². The fraction of sp³-hybridized carbons (Fsp3) is 0.208. The van der Waals surface area contributed by atoms with E-state index in [9.17, 15) is 14.0 Å². The SMILES string of the molecule is CCCn1c(SCC(=O)Nc2cccc(F)c2)nc2c(-c3ccccc3)cn(C)c2c1=O. The third kappa shape index (κ3) is 4.45. The number of anilines is 1. The smallest absolute Gasteiger partial charge is 0.278 e. The van der Waals surface area contributed by atoms with Gasteiger partial charge in [0.05, 0.1) is 5.75 Å². The lowest BCUT2D eigenvalue weighted by atomic mass is 10.1. The maximum Gasteiger partial charge on any atom is 0.278 e. The molecule has 164 valence electrons. The van der Waals surface area contributed by atoms with Crippen LogP contribution in [0.15, 0.2) is 70.7 Å². The van der Waals surface area contributed by atoms with Gasteiger partial charge in [-0.2, -0.15) is 0 Å². The molecule has 2 heterocycles. The highest BCUT2D eigenvalue weighted by Gasteiger charge is 2.19. The van der Waals surface area contributed by atoms with Gasteiger partial charge in [-0.05, 0) is 30.2 Å². The van der Waals surface area contributed by atoms with Crippen molar-refractivity contribution in [3.63, 3.8) is 0 Å². The summed E-state index contributed by atoms with van der Waals surface area (Å²) in [6, 6.07) is 15.5. The Hall–Kier alpha value is -3.39. The van der Waals surface area contributed by atoms with Crippen LogP contribution >= 0.6 is 11.8 Å². The first-order valence-corrected chi connectivity index (χ1v) is 11.3. The fourth-order valence-electron chi connectivity index (χ4n) is 3.60. The first kappa shape index (κ1) is 21.8. The molecular formula is C24H23FN4O2S. The quantitative estimate of drug-likeness (QED) is 0.328. The average Bonchev–Trinajstić information content (AvgIpc) is 3.11. The van der Waals surface area contributed by atoms with Gasteiger partial charge in [-0.15, -0.1) is 0 Å². The number of carbonyl (C=O) groups is 1. The van der Waals surface area contributed by atoms with E-state index in [0.29, 0.717) is 28.4 Å². The second-order valence-electron chi connectivity index (χ2n) is 7.42. The second-order valence-corrected chi connectivity index (χ2v) is 8.36. The zero-order valence-electron chi connectivity index (χ0n) is 17.8. The molecule has 0 atom stereocenters. The molecule has 2 aromatic heterocycles. The molecule has 0 aliphatic rings. The normalized spacial score (nSPS) is 11.1. The first-order valence-electron chi connectivity index (χ1n) is 10.3. The van der Waals surface area contributed by atoms with E-state index in [4.69, 9.17) is 4.98 Å². The van der Waals surface area contributed by atoms with E-state index in [2.05, 4.69) is 5.32 Å². The number of carbonyl (C=O) groups excluding carboxylic acids is 1. The van der Waals surface area contributed by atoms with Gasteiger partial charge in [0, 0.05) is 31.0 Å². The van der Waals surface area contributed by atoms with Crippen molar-refractivity contribution in [2.45, 2.75) is 25.0 Å². The predicted molar refractivity (Wildman–Crippen MR) is 126 cm³/mol. The van der Waals surface area contributed by atoms with Gasteiger partial charge in [-0.3, -0.25) is 14.2 Å². The van der Waals surface area contributed by atoms with Crippen molar-refractivity contribution < 1.29 is 9.18 Å². The Morgan fingerprint density at radius 2 is 1.94 bits per heavy atom. The van der Waals surface area contributed by atoms with Gasteiger partial charge < -0.3 is 9.88 Å². The number of nitrogens with zero attached hydrogens (tertiary/aromatic N) is 3. The minimum atomic E-state index is -0.420. The van der Waals surface area contributed by atoms with Gasteiger partial charge in [0.2, 0.25) is 5.91 Å². The van der Waals surface area contributed by atoms with Crippen LogP contribution in [0.5, 0.6) is 0 Å². The molecule has 0 saturated carbocycles. The summed E-state index contributed by atoms with van der Waals surface area (Å²) in [4.78, 5) is 30.6. The standard InChI is InChI=1S/C24H23FN4O2S/c1-3-12-29-23(31)22-21(19(14-28(22)2)16-8-5-4-6-9-16)27-24(29)32-15-20(30)26-18-11-7-10-17(25)13-18/h4-11,13-14H,3,12,15H2,1-2H3,(H,26,30). The maximum absolute atomic E-state index is 13.4. The topological polar surface area (TPSA) is 68.9 Å². The predicted octanol–water partition coefficient (Wildman–Crippen LogP) is 4.68. The molecule has 0 unspecified atom stereocenters. The van der Waals surface area contributed by atoms with Crippen LogP contribution in [-0.2, 0) is 18.4 Å². The summed E-state index contributed by atoms with van der Waals surface area (Å²) in [6.07, 6.45) is 2.67. The van der Waals surface area contributed by atoms with Crippen LogP contribution in [0, 0.1) is 5.82 Å². The largest absolute Gasteiger partial charge is 0.344 e. The van der Waals surface area contributed by atoms with E-state index < -0.39 is 5.82 Å². The van der Waals surface area contributed by atoms with Crippen molar-refractivity contribution in [2.75, 3.05) is 11.1 Å². The molecule has 6 nitrogen and oxygen atoms in total. The maximum atomic E-state index is 13.4. The van der Waals surface area contributed by atoms with E-state index in [1.807, 2.05) is 55.1 Å². The Morgan fingerprint density at radius 1 is 1.16 bits per heavy atom. The van der Waals surface area contributed by atoms with Gasteiger partial charge in [0.1, 0.15) is 16.9 Å². The first-order chi connectivity index (χ1) is 15.5. The molecule has 1 N–H and O–H groups in total. The van der Waals surface area contributed by atoms with Crippen LogP contribution in [0.25, 0.3) is 22.2 Å². The Morgan fingerprint density at radius 3 is 2.66 bits per heavy atom. The number of nitrogens with one attached hydrogen (secondary N) is 1. The molecule has 32 heavy (non-hydrogen) atoms. The fourth-order valence-corrected chi connectivity index (χ4v) is 4.42. The molecule has 4 rings (SSSR count). The van der Waals surface area contributed by atoms with E-state index in [1.54, 1.807) is 10.6 Å². The summed E-state index contributed by atoms with van der Waals surface area (Å²) in [5.74, 6) is -0.669. The lowest BCUT2D eigenvalue weighted by molar-refractivity contribution is -0.113. The molecule has 0 radical (unpaired) electrons. The molecule has 2 aromatic carbocycles. The number of halogens is 1. The van der Waals surface area contributed by atoms with Gasteiger partial charge in [-0.25, -0.2) is 9.37 Å². The van der Waals surface area contributed by atoms with Crippen LogP contribution in [0.3, 0.4) is 0 Å². The van der Waals surface area contributed by atoms with Crippen molar-refractivity contribution in [1.29, 1.82) is 0 Å². The number of benzene rings is 2. The number of hydrogen-bond donors (Lipinski definition) is 1. The number of fused-ring (bicyclic) bond motifs is 1. The Labute approximate surface area is 189 Å². The van der Waals surface area contributed by atoms with E-state index >= 15 is 0 Å². The summed E-state index contributed by atoms with van der Waals surface area (Å²) in [6.45, 7) is 2.49. The highest BCUT2D eigenvalue weighted by atomic mass is 32.2. The number of aromatic nitrogens is 3. The lowest BCUT2D eigenvalue weighted by Gasteiger charge is -2.12. The van der Waals surface area contributed by atoms with Gasteiger partial charge in [-0.1, -0.05) is 55.1 Å². The number of amides is 1. The minimum absolute atomic E-state index is 0.0473. The molecule has 1 amide bonds. The van der Waals surface area contributed by atoms with E-state index in [-0.39, 0.29) is 17.2 Å². The van der Waals surface area contributed by atoms with Crippen LogP contribution in [0.4, 0.5) is 10.1 Å². The zero-order chi connectivity index (χ0) is 22.7. The second kappa shape index (κ2) is 9.40. The third-order valence-corrected chi connectivity index (χ3v) is 5.99. The van der Waals surface area contributed by atoms with E-state index in [0.717, 1.165) is 17.5 Å². The summed E-state index contributed by atoms with van der Waals surface area (Å²) in [5.41, 5.74) is 3.25. The highest BCUT2D eigenvalue weighted by Crippen LogP contribution is 2.29. The molecular weight excluding hydrogens is 427 g/mol. The summed E-state index contributed by atoms with van der Waals surface area (Å²) >= 11 is 1.20. The van der Waals surface area contributed by atoms with Gasteiger partial charge in [0.25, 0.3) is 5.56 Å². The van der Waals surface area contributed by atoms with Crippen LogP contribution in [0.1, 0.15) is 13.3 Å². The Kier molecular flexibility index (Phi) is 6.41. The number of rotatable bonds is 7. The molecule has 4 aromatic rings. The van der Waals surface area contributed by atoms with Gasteiger partial charge >= 0.3 is 0 Å². The van der Waals surface area contributed by atoms with Crippen molar-refractivity contribution in [1.82, 2.24) is 14.1 Å². The van der Waals surface area contributed by atoms with E-state index in [1.165, 1.54) is 30.0 Å². The Bertz CT molecular complexity index is 1330. The van der Waals surface area contributed by atoms with Crippen LogP contribution < -0.4 is 10.9 Å². The molecule has 0 saturated heterocycles. The Balaban J connectivity index is 1.69. The van der Waals surface area contributed by atoms with Crippen LogP contribution in [0.2, 0.25) is 0 Å².